The lowest BCUT2D eigenvalue weighted by Gasteiger charge is -2.37. The molecule has 0 radical (unpaired) electrons. The van der Waals surface area contributed by atoms with Crippen molar-refractivity contribution in [2.45, 2.75) is 45.9 Å². The van der Waals surface area contributed by atoms with Gasteiger partial charge in [0.25, 0.3) is 5.91 Å². The molecule has 116 valence electrons. The van der Waals surface area contributed by atoms with Gasteiger partial charge in [0.15, 0.2) is 5.54 Å². The summed E-state index contributed by atoms with van der Waals surface area (Å²) in [6.45, 7) is 11.6. The molecule has 1 amide bonds. The molecule has 0 spiro atoms. The van der Waals surface area contributed by atoms with Crippen LogP contribution in [0.3, 0.4) is 0 Å². The van der Waals surface area contributed by atoms with E-state index in [1.807, 2.05) is 27.7 Å². The van der Waals surface area contributed by atoms with E-state index in [2.05, 4.69) is 6.58 Å². The van der Waals surface area contributed by atoms with Gasteiger partial charge in [0, 0.05) is 11.0 Å². The molecule has 2 heterocycles. The summed E-state index contributed by atoms with van der Waals surface area (Å²) >= 11 is 0. The van der Waals surface area contributed by atoms with Crippen LogP contribution in [0.25, 0.3) is 0 Å². The first-order valence-electron chi connectivity index (χ1n) is 7.06. The third-order valence-electron chi connectivity index (χ3n) is 4.26. The fourth-order valence-corrected chi connectivity index (χ4v) is 3.17. The molecule has 0 aromatic carbocycles. The van der Waals surface area contributed by atoms with Gasteiger partial charge in [-0.05, 0) is 18.9 Å². The fourth-order valence-electron chi connectivity index (χ4n) is 3.17. The maximum absolute atomic E-state index is 12.8. The van der Waals surface area contributed by atoms with Crippen molar-refractivity contribution < 1.29 is 19.1 Å². The summed E-state index contributed by atoms with van der Waals surface area (Å²) in [4.78, 5) is 26.8. The van der Waals surface area contributed by atoms with Gasteiger partial charge in [-0.15, -0.1) is 6.58 Å². The van der Waals surface area contributed by atoms with E-state index in [0.29, 0.717) is 17.6 Å². The summed E-state index contributed by atoms with van der Waals surface area (Å²) in [6, 6.07) is 0. The first-order chi connectivity index (χ1) is 9.71. The molecule has 2 rings (SSSR count). The third kappa shape index (κ3) is 2.02. The minimum absolute atomic E-state index is 0.139. The van der Waals surface area contributed by atoms with Crippen LogP contribution in [0.15, 0.2) is 23.8 Å². The SMILES string of the molecule is C=CCC1=C(C)[C@]2(C(=O)OC)CO[C@@H](C(C)(C)C)N2C1=O. The Bertz CT molecular complexity index is 529. The number of hydrogen-bond acceptors (Lipinski definition) is 4. The Labute approximate surface area is 125 Å². The normalized spacial score (nSPS) is 28.9. The van der Waals surface area contributed by atoms with Gasteiger partial charge in [0.05, 0.1) is 13.7 Å². The molecule has 5 nitrogen and oxygen atoms in total. The highest BCUT2D eigenvalue weighted by atomic mass is 16.6. The van der Waals surface area contributed by atoms with Crippen molar-refractivity contribution >= 4 is 11.9 Å². The molecule has 2 aliphatic rings. The summed E-state index contributed by atoms with van der Waals surface area (Å²) in [6.07, 6.45) is 1.66. The Kier molecular flexibility index (Phi) is 3.74. The Morgan fingerprint density at radius 1 is 1.57 bits per heavy atom. The van der Waals surface area contributed by atoms with Crippen LogP contribution in [0, 0.1) is 5.41 Å². The molecule has 0 unspecified atom stereocenters. The molecular formula is C16H23NO4. The lowest BCUT2D eigenvalue weighted by molar-refractivity contribution is -0.157. The summed E-state index contributed by atoms with van der Waals surface area (Å²) in [5, 5.41) is 0. The molecule has 0 N–H and O–H groups in total. The van der Waals surface area contributed by atoms with E-state index in [9.17, 15) is 9.59 Å². The first-order valence-corrected chi connectivity index (χ1v) is 7.06. The molecule has 2 aliphatic heterocycles. The quantitative estimate of drug-likeness (QED) is 0.590. The van der Waals surface area contributed by atoms with Crippen molar-refractivity contribution in [2.24, 2.45) is 5.41 Å². The van der Waals surface area contributed by atoms with Gasteiger partial charge < -0.3 is 9.47 Å². The van der Waals surface area contributed by atoms with E-state index < -0.39 is 17.7 Å². The van der Waals surface area contributed by atoms with Crippen molar-refractivity contribution in [2.75, 3.05) is 13.7 Å². The number of methoxy groups -OCH3 is 1. The monoisotopic (exact) mass is 293 g/mol. The topological polar surface area (TPSA) is 55.8 Å². The van der Waals surface area contributed by atoms with Crippen LogP contribution in [-0.2, 0) is 19.1 Å². The zero-order valence-corrected chi connectivity index (χ0v) is 13.4. The lowest BCUT2D eigenvalue weighted by atomic mass is 9.89. The maximum Gasteiger partial charge on any atom is 0.338 e. The second-order valence-electron chi connectivity index (χ2n) is 6.65. The number of amides is 1. The van der Waals surface area contributed by atoms with Crippen molar-refractivity contribution in [3.63, 3.8) is 0 Å². The van der Waals surface area contributed by atoms with Crippen molar-refractivity contribution in [3.05, 3.63) is 23.8 Å². The van der Waals surface area contributed by atoms with Gasteiger partial charge in [0.2, 0.25) is 0 Å². The standard InChI is InChI=1S/C16H23NO4/c1-7-8-11-10(2)16(14(19)20-6)9-21-13(15(3,4)5)17(16)12(11)18/h7,13H,1,8-9H2,2-6H3/t13-,16-/m0/s1. The fraction of sp³-hybridized carbons (Fsp3) is 0.625. The molecule has 0 bridgehead atoms. The molecule has 0 aromatic rings. The largest absolute Gasteiger partial charge is 0.467 e. The lowest BCUT2D eigenvalue weighted by Crippen LogP contribution is -2.56. The smallest absolute Gasteiger partial charge is 0.338 e. The Balaban J connectivity index is 2.58. The highest BCUT2D eigenvalue weighted by molar-refractivity contribution is 6.06. The van der Waals surface area contributed by atoms with Gasteiger partial charge >= 0.3 is 5.97 Å². The zero-order valence-electron chi connectivity index (χ0n) is 13.4. The van der Waals surface area contributed by atoms with Gasteiger partial charge in [-0.1, -0.05) is 26.8 Å². The molecule has 0 aliphatic carbocycles. The molecule has 0 saturated carbocycles. The second kappa shape index (κ2) is 4.98. The van der Waals surface area contributed by atoms with Crippen LogP contribution >= 0.6 is 0 Å². The number of carbonyl (C=O) groups excluding carboxylic acids is 2. The van der Waals surface area contributed by atoms with Gasteiger partial charge in [-0.2, -0.15) is 0 Å². The minimum Gasteiger partial charge on any atom is -0.467 e. The van der Waals surface area contributed by atoms with Crippen LogP contribution in [0.2, 0.25) is 0 Å². The average molecular weight is 293 g/mol. The number of allylic oxidation sites excluding steroid dienone is 1. The van der Waals surface area contributed by atoms with Crippen LogP contribution < -0.4 is 0 Å². The van der Waals surface area contributed by atoms with Gasteiger partial charge in [-0.25, -0.2) is 4.79 Å². The Hall–Kier alpha value is -1.62. The van der Waals surface area contributed by atoms with Crippen molar-refractivity contribution in [1.29, 1.82) is 0 Å². The predicted octanol–water partition coefficient (Wildman–Crippen LogP) is 2.04. The molecule has 1 fully saturated rings. The average Bonchev–Trinajstić information content (AvgIpc) is 2.90. The van der Waals surface area contributed by atoms with E-state index in [1.54, 1.807) is 11.0 Å². The third-order valence-corrected chi connectivity index (χ3v) is 4.26. The number of ether oxygens (including phenoxy) is 2. The summed E-state index contributed by atoms with van der Waals surface area (Å²) in [7, 11) is 1.34. The predicted molar refractivity (Wildman–Crippen MR) is 78.3 cm³/mol. The van der Waals surface area contributed by atoms with E-state index in [-0.39, 0.29) is 17.9 Å². The van der Waals surface area contributed by atoms with E-state index in [4.69, 9.17) is 9.47 Å². The minimum atomic E-state index is -1.12. The number of esters is 1. The number of hydrogen-bond donors (Lipinski definition) is 0. The van der Waals surface area contributed by atoms with E-state index in [1.165, 1.54) is 7.11 Å². The van der Waals surface area contributed by atoms with Crippen molar-refractivity contribution in [3.8, 4) is 0 Å². The van der Waals surface area contributed by atoms with Crippen molar-refractivity contribution in [1.82, 2.24) is 4.90 Å². The summed E-state index contributed by atoms with van der Waals surface area (Å²) < 4.78 is 10.8. The highest BCUT2D eigenvalue weighted by Gasteiger charge is 2.64. The molecule has 21 heavy (non-hydrogen) atoms. The highest BCUT2D eigenvalue weighted by Crippen LogP contribution is 2.47. The van der Waals surface area contributed by atoms with E-state index in [0.717, 1.165) is 0 Å². The van der Waals surface area contributed by atoms with Gasteiger partial charge in [-0.3, -0.25) is 9.69 Å². The summed E-state index contributed by atoms with van der Waals surface area (Å²) in [5.41, 5.74) is -0.0868. The maximum atomic E-state index is 12.8. The van der Waals surface area contributed by atoms with Crippen LogP contribution in [0.4, 0.5) is 0 Å². The molecule has 0 aromatic heterocycles. The molecule has 1 saturated heterocycles. The number of carbonyl (C=O) groups is 2. The van der Waals surface area contributed by atoms with Gasteiger partial charge in [0.1, 0.15) is 6.23 Å². The summed E-state index contributed by atoms with van der Waals surface area (Å²) in [5.74, 6) is -0.602. The van der Waals surface area contributed by atoms with E-state index >= 15 is 0 Å². The number of rotatable bonds is 3. The molecular weight excluding hydrogens is 270 g/mol. The Morgan fingerprint density at radius 2 is 2.19 bits per heavy atom. The second-order valence-corrected chi connectivity index (χ2v) is 6.65. The Morgan fingerprint density at radius 3 is 2.67 bits per heavy atom. The molecule has 5 heteroatoms. The number of fused-ring (bicyclic) bond motifs is 1. The molecule has 2 atom stereocenters. The first kappa shape index (κ1) is 15.8. The van der Waals surface area contributed by atoms with Crippen LogP contribution in [-0.4, -0.2) is 42.3 Å². The number of nitrogens with zero attached hydrogens (tertiary/aromatic N) is 1. The zero-order chi connectivity index (χ0) is 16.0. The van der Waals surface area contributed by atoms with Crippen LogP contribution in [0.5, 0.6) is 0 Å². The van der Waals surface area contributed by atoms with Crippen LogP contribution in [0.1, 0.15) is 34.1 Å².